The highest BCUT2D eigenvalue weighted by atomic mass is 32.2. The first-order chi connectivity index (χ1) is 15.1. The number of allylic oxidation sites excluding steroid dienone is 3. The van der Waals surface area contributed by atoms with E-state index < -0.39 is 0 Å². The first kappa shape index (κ1) is 19.8. The molecule has 2 saturated heterocycles. The molecule has 0 aromatic carbocycles. The van der Waals surface area contributed by atoms with Gasteiger partial charge in [0.2, 0.25) is 0 Å². The SMILES string of the molecule is N#Cc1ccc(N2CCN([N@@+]34C=CC=C3C=C(C(=O)N3CCSC3)C4)CC2)nc1C#N. The third-order valence-electron chi connectivity index (χ3n) is 6.29. The Balaban J connectivity index is 1.29. The van der Waals surface area contributed by atoms with Crippen LogP contribution in [0.4, 0.5) is 5.82 Å². The summed E-state index contributed by atoms with van der Waals surface area (Å²) in [7, 11) is 0. The highest BCUT2D eigenvalue weighted by molar-refractivity contribution is 7.99. The van der Waals surface area contributed by atoms with Gasteiger partial charge in [0, 0.05) is 37.5 Å². The Morgan fingerprint density at radius 2 is 1.97 bits per heavy atom. The third-order valence-corrected chi connectivity index (χ3v) is 7.25. The van der Waals surface area contributed by atoms with Gasteiger partial charge in [-0.25, -0.2) is 4.98 Å². The number of piperazine rings is 1. The standard InChI is InChI=1S/C22H22N7OS/c23-13-17-3-4-21(25-20(17)14-24)26-5-7-28(8-6-26)29-10-1-2-19(29)12-18(15-29)22(30)27-9-11-31-16-27/h1-4,10,12H,5-9,11,15-16H2/q+1/t29-/m1/s1. The van der Waals surface area contributed by atoms with Crippen LogP contribution in [0.15, 0.2) is 47.8 Å². The molecule has 5 rings (SSSR count). The lowest BCUT2D eigenvalue weighted by molar-refractivity contribution is -0.948. The minimum absolute atomic E-state index is 0.163. The molecule has 156 valence electrons. The predicted octanol–water partition coefficient (Wildman–Crippen LogP) is 1.56. The van der Waals surface area contributed by atoms with Crippen LogP contribution < -0.4 is 4.90 Å². The van der Waals surface area contributed by atoms with E-state index >= 15 is 0 Å². The monoisotopic (exact) mass is 432 g/mol. The quantitative estimate of drug-likeness (QED) is 0.670. The van der Waals surface area contributed by atoms with Crippen LogP contribution in [0.1, 0.15) is 11.3 Å². The minimum atomic E-state index is 0.163. The van der Waals surface area contributed by atoms with Crippen LogP contribution in [0.25, 0.3) is 0 Å². The van der Waals surface area contributed by atoms with Crippen molar-refractivity contribution in [1.82, 2.24) is 14.9 Å². The number of nitrogens with zero attached hydrogens (tertiary/aromatic N) is 7. The molecule has 0 N–H and O–H groups in total. The Hall–Kier alpha value is -3.11. The molecule has 0 bridgehead atoms. The summed E-state index contributed by atoms with van der Waals surface area (Å²) >= 11 is 1.81. The molecule has 0 saturated carbocycles. The number of amides is 1. The fourth-order valence-corrected chi connectivity index (χ4v) is 5.58. The summed E-state index contributed by atoms with van der Waals surface area (Å²) in [5.41, 5.74) is 2.50. The number of hydrogen-bond acceptors (Lipinski definition) is 7. The van der Waals surface area contributed by atoms with Gasteiger partial charge in [0.25, 0.3) is 5.91 Å². The number of carbonyl (C=O) groups is 1. The summed E-state index contributed by atoms with van der Waals surface area (Å²) in [5, 5.41) is 20.8. The topological polar surface area (TPSA) is 87.3 Å². The van der Waals surface area contributed by atoms with Crippen LogP contribution in [0.2, 0.25) is 0 Å². The van der Waals surface area contributed by atoms with E-state index in [0.29, 0.717) is 16.7 Å². The lowest BCUT2D eigenvalue weighted by Crippen LogP contribution is -2.60. The number of hydrogen-bond donors (Lipinski definition) is 0. The Morgan fingerprint density at radius 1 is 1.13 bits per heavy atom. The van der Waals surface area contributed by atoms with Gasteiger partial charge < -0.3 is 9.80 Å². The second kappa shape index (κ2) is 7.86. The van der Waals surface area contributed by atoms with Crippen molar-refractivity contribution in [3.05, 3.63) is 59.1 Å². The lowest BCUT2D eigenvalue weighted by Gasteiger charge is -2.44. The second-order valence-corrected chi connectivity index (χ2v) is 9.00. The summed E-state index contributed by atoms with van der Waals surface area (Å²) in [6, 6.07) is 7.50. The van der Waals surface area contributed by atoms with E-state index in [1.165, 1.54) is 0 Å². The molecule has 1 amide bonds. The molecule has 1 aromatic rings. The van der Waals surface area contributed by atoms with Crippen molar-refractivity contribution in [3.8, 4) is 12.1 Å². The minimum Gasteiger partial charge on any atom is -0.354 e. The number of fused-ring (bicyclic) bond motifs is 1. The van der Waals surface area contributed by atoms with E-state index in [1.54, 1.807) is 17.8 Å². The number of thioether (sulfide) groups is 1. The number of anilines is 1. The maximum absolute atomic E-state index is 13.0. The average Bonchev–Trinajstić information content (AvgIpc) is 3.55. The fraction of sp³-hybridized carbons (Fsp3) is 0.364. The maximum Gasteiger partial charge on any atom is 0.256 e. The summed E-state index contributed by atoms with van der Waals surface area (Å²) in [5.74, 6) is 2.69. The molecular weight excluding hydrogens is 410 g/mol. The molecule has 4 aliphatic rings. The molecule has 1 aromatic heterocycles. The fourth-order valence-electron chi connectivity index (χ4n) is 4.63. The first-order valence-corrected chi connectivity index (χ1v) is 11.5. The van der Waals surface area contributed by atoms with Gasteiger partial charge in [0.1, 0.15) is 30.7 Å². The number of quaternary nitrogens is 1. The Morgan fingerprint density at radius 3 is 2.68 bits per heavy atom. The normalized spacial score (nSPS) is 25.1. The molecule has 31 heavy (non-hydrogen) atoms. The number of carbonyl (C=O) groups excluding carboxylic acids is 1. The molecule has 4 aliphatic heterocycles. The van der Waals surface area contributed by atoms with Crippen LogP contribution in [0.5, 0.6) is 0 Å². The van der Waals surface area contributed by atoms with Crippen molar-refractivity contribution in [2.45, 2.75) is 0 Å². The molecular formula is C22H22N7OS+. The van der Waals surface area contributed by atoms with Gasteiger partial charge in [0.15, 0.2) is 11.4 Å². The van der Waals surface area contributed by atoms with E-state index in [2.05, 4.69) is 39.3 Å². The molecule has 0 radical (unpaired) electrons. The van der Waals surface area contributed by atoms with Crippen LogP contribution in [-0.4, -0.2) is 76.3 Å². The zero-order chi connectivity index (χ0) is 21.4. The summed E-state index contributed by atoms with van der Waals surface area (Å²) in [6.45, 7) is 4.63. The van der Waals surface area contributed by atoms with Gasteiger partial charge in [-0.1, -0.05) is 0 Å². The molecule has 5 heterocycles. The molecule has 8 nitrogen and oxygen atoms in total. The summed E-state index contributed by atoms with van der Waals surface area (Å²) in [4.78, 5) is 21.4. The van der Waals surface area contributed by atoms with Gasteiger partial charge in [-0.3, -0.25) is 4.79 Å². The molecule has 0 spiro atoms. The highest BCUT2D eigenvalue weighted by Gasteiger charge is 2.47. The third kappa shape index (κ3) is 3.31. The van der Waals surface area contributed by atoms with E-state index in [0.717, 1.165) is 61.4 Å². The smallest absolute Gasteiger partial charge is 0.256 e. The lowest BCUT2D eigenvalue weighted by atomic mass is 10.2. The number of aromatic nitrogens is 1. The van der Waals surface area contributed by atoms with Crippen molar-refractivity contribution in [2.75, 3.05) is 55.8 Å². The van der Waals surface area contributed by atoms with Crippen LogP contribution in [0, 0.1) is 22.7 Å². The van der Waals surface area contributed by atoms with E-state index in [1.807, 2.05) is 23.1 Å². The second-order valence-electron chi connectivity index (χ2n) is 7.92. The van der Waals surface area contributed by atoms with Gasteiger partial charge in [0.05, 0.1) is 30.1 Å². The van der Waals surface area contributed by atoms with E-state index in [-0.39, 0.29) is 11.6 Å². The number of nitriles is 2. The zero-order valence-electron chi connectivity index (χ0n) is 17.1. The Labute approximate surface area is 185 Å². The first-order valence-electron chi connectivity index (χ1n) is 10.3. The van der Waals surface area contributed by atoms with Crippen LogP contribution in [-0.2, 0) is 4.79 Å². The largest absolute Gasteiger partial charge is 0.354 e. The van der Waals surface area contributed by atoms with E-state index in [9.17, 15) is 10.1 Å². The molecule has 2 fully saturated rings. The molecule has 0 unspecified atom stereocenters. The number of pyridine rings is 1. The highest BCUT2D eigenvalue weighted by Crippen LogP contribution is 2.38. The van der Waals surface area contributed by atoms with Crippen molar-refractivity contribution in [1.29, 1.82) is 10.5 Å². The summed E-state index contributed by atoms with van der Waals surface area (Å²) < 4.78 is 0.583. The zero-order valence-corrected chi connectivity index (χ0v) is 17.9. The maximum atomic E-state index is 13.0. The van der Waals surface area contributed by atoms with Gasteiger partial charge in [-0.15, -0.1) is 16.8 Å². The van der Waals surface area contributed by atoms with Gasteiger partial charge >= 0.3 is 0 Å². The summed E-state index contributed by atoms with van der Waals surface area (Å²) in [6.07, 6.45) is 8.42. The van der Waals surface area contributed by atoms with Gasteiger partial charge in [-0.05, 0) is 18.2 Å². The molecule has 9 heteroatoms. The van der Waals surface area contributed by atoms with Crippen molar-refractivity contribution < 1.29 is 9.39 Å². The van der Waals surface area contributed by atoms with Crippen LogP contribution in [0.3, 0.4) is 0 Å². The van der Waals surface area contributed by atoms with Crippen molar-refractivity contribution in [2.24, 2.45) is 0 Å². The molecule has 1 atom stereocenters. The van der Waals surface area contributed by atoms with E-state index in [4.69, 9.17) is 5.26 Å². The Kier molecular flexibility index (Phi) is 5.03. The van der Waals surface area contributed by atoms with Gasteiger partial charge in [-0.2, -0.15) is 15.1 Å². The van der Waals surface area contributed by atoms with Crippen molar-refractivity contribution in [3.63, 3.8) is 0 Å². The number of rotatable bonds is 3. The average molecular weight is 433 g/mol. The van der Waals surface area contributed by atoms with Crippen molar-refractivity contribution >= 4 is 23.5 Å². The molecule has 0 aliphatic carbocycles. The Bertz CT molecular complexity index is 1100. The van der Waals surface area contributed by atoms with Crippen LogP contribution >= 0.6 is 11.8 Å². The predicted molar refractivity (Wildman–Crippen MR) is 117 cm³/mol.